The second kappa shape index (κ2) is 9.64. The van der Waals surface area contributed by atoms with E-state index in [0.717, 1.165) is 24.9 Å². The first-order chi connectivity index (χ1) is 15.6. The van der Waals surface area contributed by atoms with E-state index in [1.165, 1.54) is 5.56 Å². The molecule has 0 bridgehead atoms. The number of aromatic nitrogens is 3. The number of carbonyl (C=O) groups excluding carboxylic acids is 1. The van der Waals surface area contributed by atoms with Crippen LogP contribution < -0.4 is 21.1 Å². The molecule has 3 heterocycles. The first-order valence-corrected chi connectivity index (χ1v) is 11.0. The minimum Gasteiger partial charge on any atom is -0.352 e. The van der Waals surface area contributed by atoms with Gasteiger partial charge in [0.2, 0.25) is 0 Å². The van der Waals surface area contributed by atoms with E-state index >= 15 is 0 Å². The zero-order valence-corrected chi connectivity index (χ0v) is 18.3. The van der Waals surface area contributed by atoms with Crippen molar-refractivity contribution in [3.63, 3.8) is 0 Å². The summed E-state index contributed by atoms with van der Waals surface area (Å²) in [4.78, 5) is 36.4. The number of nitrogens with zero attached hydrogens (tertiary/aromatic N) is 4. The molecule has 4 rings (SSSR count). The normalized spacial score (nSPS) is 14.3. The smallest absolute Gasteiger partial charge is 0.319 e. The number of allylic oxidation sites excluding steroid dienone is 1. The predicted octanol–water partition coefficient (Wildman–Crippen LogP) is 3.33. The number of carbonyl (C=O) groups is 1. The first kappa shape index (κ1) is 21.5. The molecular weight excluding hydrogens is 404 g/mol. The number of benzene rings is 1. The van der Waals surface area contributed by atoms with Crippen molar-refractivity contribution in [3.05, 3.63) is 71.2 Å². The molecule has 8 nitrogen and oxygen atoms in total. The summed E-state index contributed by atoms with van der Waals surface area (Å²) in [5, 5.41) is 5.96. The highest BCUT2D eigenvalue weighted by Gasteiger charge is 2.24. The molecule has 3 aromatic rings. The lowest BCUT2D eigenvalue weighted by Crippen LogP contribution is -2.47. The van der Waals surface area contributed by atoms with E-state index in [4.69, 9.17) is 0 Å². The zero-order chi connectivity index (χ0) is 22.5. The molecule has 1 saturated heterocycles. The molecule has 0 saturated carbocycles. The lowest BCUT2D eigenvalue weighted by Gasteiger charge is -2.33. The van der Waals surface area contributed by atoms with Crippen LogP contribution in [0.2, 0.25) is 0 Å². The van der Waals surface area contributed by atoms with Crippen molar-refractivity contribution in [3.8, 4) is 0 Å². The van der Waals surface area contributed by atoms with Crippen LogP contribution in [0, 0.1) is 0 Å². The molecule has 32 heavy (non-hydrogen) atoms. The van der Waals surface area contributed by atoms with Crippen LogP contribution >= 0.6 is 0 Å². The van der Waals surface area contributed by atoms with Gasteiger partial charge in [-0.05, 0) is 49.1 Å². The number of piperidine rings is 1. The molecule has 166 valence electrons. The highest BCUT2D eigenvalue weighted by atomic mass is 16.2. The van der Waals surface area contributed by atoms with Crippen LogP contribution in [0.1, 0.15) is 25.3 Å². The van der Waals surface area contributed by atoms with Crippen LogP contribution in [-0.4, -0.2) is 39.7 Å². The molecule has 1 aliphatic heterocycles. The molecule has 2 amide bonds. The summed E-state index contributed by atoms with van der Waals surface area (Å²) in [5.41, 5.74) is 3.03. The highest BCUT2D eigenvalue weighted by Crippen LogP contribution is 2.18. The molecular formula is C24H28N6O2. The van der Waals surface area contributed by atoms with Gasteiger partial charge in [0.05, 0.1) is 0 Å². The van der Waals surface area contributed by atoms with Crippen LogP contribution in [0.15, 0.2) is 60.0 Å². The van der Waals surface area contributed by atoms with E-state index in [1.807, 2.05) is 41.3 Å². The molecule has 0 aliphatic carbocycles. The molecule has 0 atom stereocenters. The van der Waals surface area contributed by atoms with Crippen molar-refractivity contribution in [1.29, 1.82) is 0 Å². The van der Waals surface area contributed by atoms with E-state index in [0.29, 0.717) is 36.6 Å². The van der Waals surface area contributed by atoms with Crippen molar-refractivity contribution in [1.82, 2.24) is 19.9 Å². The fraction of sp³-hybridized carbons (Fsp3) is 0.333. The third-order valence-corrected chi connectivity index (χ3v) is 5.72. The van der Waals surface area contributed by atoms with Gasteiger partial charge in [-0.1, -0.05) is 25.1 Å². The Morgan fingerprint density at radius 3 is 2.81 bits per heavy atom. The number of hydrogen-bond donors (Lipinski definition) is 2. The molecule has 2 aromatic heterocycles. The summed E-state index contributed by atoms with van der Waals surface area (Å²) in [6.45, 7) is 7.49. The molecule has 1 aliphatic rings. The molecule has 8 heteroatoms. The maximum atomic E-state index is 13.1. The molecule has 2 N–H and O–H groups in total. The van der Waals surface area contributed by atoms with E-state index in [-0.39, 0.29) is 17.6 Å². The molecule has 0 unspecified atom stereocenters. The fourth-order valence-corrected chi connectivity index (χ4v) is 4.02. The minimum atomic E-state index is -0.208. The van der Waals surface area contributed by atoms with Gasteiger partial charge in [-0.25, -0.2) is 14.8 Å². The van der Waals surface area contributed by atoms with E-state index in [2.05, 4.69) is 34.1 Å². The topological polar surface area (TPSA) is 92.2 Å². The predicted molar refractivity (Wildman–Crippen MR) is 127 cm³/mol. The Morgan fingerprint density at radius 1 is 1.25 bits per heavy atom. The number of amides is 2. The van der Waals surface area contributed by atoms with Crippen molar-refractivity contribution >= 4 is 28.7 Å². The standard InChI is InChI=1S/C24H28N6O2/c1-3-13-30-21-20(9-6-12-25-21)28-22(23(30)31)29-14-10-18(11-15-29)26-24(32)27-19-8-5-7-17(4-2)16-19/h3,5-9,12,16,18H,1,4,10-11,13-15H2,2H3,(H2,26,27,32). The lowest BCUT2D eigenvalue weighted by molar-refractivity contribution is 0.246. The van der Waals surface area contributed by atoms with Gasteiger partial charge in [0.25, 0.3) is 5.56 Å². The van der Waals surface area contributed by atoms with Crippen molar-refractivity contribution in [2.75, 3.05) is 23.3 Å². The minimum absolute atomic E-state index is 0.0399. The van der Waals surface area contributed by atoms with Gasteiger partial charge >= 0.3 is 6.03 Å². The number of nitrogens with one attached hydrogen (secondary N) is 2. The van der Waals surface area contributed by atoms with E-state index in [9.17, 15) is 9.59 Å². The number of urea groups is 1. The summed E-state index contributed by atoms with van der Waals surface area (Å²) in [6.07, 6.45) is 5.73. The van der Waals surface area contributed by atoms with Crippen LogP contribution in [0.4, 0.5) is 16.3 Å². The molecule has 1 fully saturated rings. The van der Waals surface area contributed by atoms with Crippen LogP contribution in [0.5, 0.6) is 0 Å². The fourth-order valence-electron chi connectivity index (χ4n) is 4.02. The number of pyridine rings is 1. The van der Waals surface area contributed by atoms with Crippen LogP contribution in [0.3, 0.4) is 0 Å². The number of rotatable bonds is 6. The number of anilines is 2. The lowest BCUT2D eigenvalue weighted by atomic mass is 10.1. The number of aryl methyl sites for hydroxylation is 1. The highest BCUT2D eigenvalue weighted by molar-refractivity contribution is 5.89. The average Bonchev–Trinajstić information content (AvgIpc) is 2.81. The van der Waals surface area contributed by atoms with Gasteiger partial charge < -0.3 is 15.5 Å². The maximum Gasteiger partial charge on any atom is 0.319 e. The van der Waals surface area contributed by atoms with Gasteiger partial charge in [-0.3, -0.25) is 9.36 Å². The van der Waals surface area contributed by atoms with Gasteiger partial charge in [0, 0.05) is 37.6 Å². The summed E-state index contributed by atoms with van der Waals surface area (Å²) in [5.74, 6) is 0.423. The van der Waals surface area contributed by atoms with Gasteiger partial charge in [-0.2, -0.15) is 0 Å². The Bertz CT molecular complexity index is 1180. The maximum absolute atomic E-state index is 13.1. The van der Waals surface area contributed by atoms with Crippen LogP contribution in [0.25, 0.3) is 11.2 Å². The third kappa shape index (κ3) is 4.64. The largest absolute Gasteiger partial charge is 0.352 e. The summed E-state index contributed by atoms with van der Waals surface area (Å²) < 4.78 is 1.60. The molecule has 1 aromatic carbocycles. The second-order valence-corrected chi connectivity index (χ2v) is 7.90. The van der Waals surface area contributed by atoms with Gasteiger partial charge in [-0.15, -0.1) is 6.58 Å². The first-order valence-electron chi connectivity index (χ1n) is 11.0. The van der Waals surface area contributed by atoms with Gasteiger partial charge in [0.1, 0.15) is 5.52 Å². The van der Waals surface area contributed by atoms with Gasteiger partial charge in [0.15, 0.2) is 11.5 Å². The molecule has 0 spiro atoms. The van der Waals surface area contributed by atoms with Crippen molar-refractivity contribution in [2.24, 2.45) is 0 Å². The third-order valence-electron chi connectivity index (χ3n) is 5.72. The number of fused-ring (bicyclic) bond motifs is 1. The van der Waals surface area contributed by atoms with E-state index in [1.54, 1.807) is 16.8 Å². The monoisotopic (exact) mass is 432 g/mol. The molecule has 0 radical (unpaired) electrons. The summed E-state index contributed by atoms with van der Waals surface area (Å²) >= 11 is 0. The SMILES string of the molecule is C=CCn1c(=O)c(N2CCC(NC(=O)Nc3cccc(CC)c3)CC2)nc2cccnc21. The Morgan fingerprint density at radius 2 is 2.06 bits per heavy atom. The Kier molecular flexibility index (Phi) is 6.49. The summed E-state index contributed by atoms with van der Waals surface area (Å²) in [7, 11) is 0. The van der Waals surface area contributed by atoms with Crippen molar-refractivity contribution in [2.45, 2.75) is 38.8 Å². The average molecular weight is 433 g/mol. The summed E-state index contributed by atoms with van der Waals surface area (Å²) in [6, 6.07) is 11.4. The van der Waals surface area contributed by atoms with Crippen LogP contribution in [-0.2, 0) is 13.0 Å². The Labute approximate surface area is 187 Å². The zero-order valence-electron chi connectivity index (χ0n) is 18.3. The second-order valence-electron chi connectivity index (χ2n) is 7.90. The Balaban J connectivity index is 1.42. The number of hydrogen-bond acceptors (Lipinski definition) is 5. The van der Waals surface area contributed by atoms with Crippen molar-refractivity contribution < 1.29 is 4.79 Å². The quantitative estimate of drug-likeness (QED) is 0.583. The Hall–Kier alpha value is -3.68. The van der Waals surface area contributed by atoms with E-state index < -0.39 is 0 Å².